The highest BCUT2D eigenvalue weighted by atomic mass is 31.1. The van der Waals surface area contributed by atoms with E-state index in [9.17, 15) is 14.2 Å². The van der Waals surface area contributed by atoms with Gasteiger partial charge in [0, 0.05) is 22.0 Å². The molecule has 3 rings (SSSR count). The second-order valence-electron chi connectivity index (χ2n) is 8.74. The van der Waals surface area contributed by atoms with Crippen LogP contribution in [0, 0.1) is 55.4 Å². The number of hydrogen-bond acceptors (Lipinski definition) is 3. The van der Waals surface area contributed by atoms with Crippen LogP contribution in [0.3, 0.4) is 0 Å². The molecule has 0 aromatic heterocycles. The Morgan fingerprint density at radius 3 is 1.78 bits per heavy atom. The summed E-state index contributed by atoms with van der Waals surface area (Å²) in [6, 6.07) is 11.1. The van der Waals surface area contributed by atoms with Crippen molar-refractivity contribution in [2.24, 2.45) is 0 Å². The van der Waals surface area contributed by atoms with Gasteiger partial charge in [0.25, 0.3) is 0 Å². The third kappa shape index (κ3) is 3.91. The fourth-order valence-corrected chi connectivity index (χ4v) is 6.45. The molecule has 0 N–H and O–H groups in total. The minimum absolute atomic E-state index is 0.106. The molecule has 166 valence electrons. The van der Waals surface area contributed by atoms with Crippen LogP contribution in [-0.2, 0) is 4.57 Å². The third-order valence-corrected chi connectivity index (χ3v) is 8.77. The van der Waals surface area contributed by atoms with Crippen molar-refractivity contribution in [1.29, 1.82) is 0 Å². The Kier molecular flexibility index (Phi) is 6.72. The van der Waals surface area contributed by atoms with E-state index in [0.29, 0.717) is 27.6 Å². The van der Waals surface area contributed by atoms with E-state index in [2.05, 4.69) is 0 Å². The van der Waals surface area contributed by atoms with Gasteiger partial charge in [-0.15, -0.1) is 0 Å². The van der Waals surface area contributed by atoms with E-state index in [1.54, 1.807) is 12.1 Å². The summed E-state index contributed by atoms with van der Waals surface area (Å²) in [6.07, 6.45) is 0. The Morgan fingerprint density at radius 1 is 0.625 bits per heavy atom. The smallest absolute Gasteiger partial charge is 0.223 e. The van der Waals surface area contributed by atoms with Crippen LogP contribution in [-0.4, -0.2) is 11.3 Å². The highest BCUT2D eigenvalue weighted by Crippen LogP contribution is 2.36. The summed E-state index contributed by atoms with van der Waals surface area (Å²) in [5.74, 6) is -0.106. The van der Waals surface area contributed by atoms with Gasteiger partial charge in [0.05, 0.1) is 0 Å². The highest BCUT2D eigenvalue weighted by molar-refractivity contribution is 7.71. The average molecular weight is 447 g/mol. The van der Waals surface area contributed by atoms with Crippen molar-refractivity contribution < 1.29 is 14.2 Å². The molecule has 0 saturated heterocycles. The summed E-state index contributed by atoms with van der Waals surface area (Å²) in [4.78, 5) is 26.9. The van der Waals surface area contributed by atoms with E-state index in [4.69, 9.17) is 0 Å². The van der Waals surface area contributed by atoms with Crippen LogP contribution in [0.4, 0.5) is 0 Å². The van der Waals surface area contributed by atoms with Crippen molar-refractivity contribution in [2.45, 2.75) is 55.4 Å². The van der Waals surface area contributed by atoms with Crippen LogP contribution < -0.4 is 5.30 Å². The first-order valence-electron chi connectivity index (χ1n) is 10.9. The van der Waals surface area contributed by atoms with Crippen molar-refractivity contribution in [3.05, 3.63) is 97.6 Å². The number of rotatable bonds is 5. The van der Waals surface area contributed by atoms with Gasteiger partial charge in [-0.1, -0.05) is 36.4 Å². The molecule has 3 aromatic carbocycles. The number of carbonyl (C=O) groups is 2. The molecule has 0 bridgehead atoms. The maximum atomic E-state index is 13.8. The van der Waals surface area contributed by atoms with Crippen molar-refractivity contribution in [3.8, 4) is 0 Å². The molecule has 0 radical (unpaired) electrons. The molecular formula is C28H31O3P. The first-order valence-corrected chi connectivity index (χ1v) is 12.3. The van der Waals surface area contributed by atoms with Gasteiger partial charge in [-0.3, -0.25) is 9.59 Å². The molecule has 0 spiro atoms. The predicted octanol–water partition coefficient (Wildman–Crippen LogP) is 6.41. The molecule has 0 heterocycles. The standard InChI is InChI=1S/C28H31O3P/c1-15-14-16(2)24(19(5)17(15)3)28(30)32(31)27-21(7)18(4)20(6)25(22(27)8)26(29)23-12-10-9-11-13-23/h9-14,32H,1-8H3. The number of ketones is 1. The molecule has 1 unspecified atom stereocenters. The first kappa shape index (κ1) is 23.9. The van der Waals surface area contributed by atoms with Gasteiger partial charge >= 0.3 is 0 Å². The molecule has 0 aliphatic rings. The lowest BCUT2D eigenvalue weighted by Gasteiger charge is -2.21. The van der Waals surface area contributed by atoms with Crippen LogP contribution in [0.15, 0.2) is 36.4 Å². The second-order valence-corrected chi connectivity index (χ2v) is 10.4. The largest absolute Gasteiger partial charge is 0.313 e. The van der Waals surface area contributed by atoms with Crippen molar-refractivity contribution >= 4 is 24.4 Å². The van der Waals surface area contributed by atoms with E-state index in [1.165, 1.54) is 0 Å². The Hall–Kier alpha value is -2.77. The van der Waals surface area contributed by atoms with E-state index >= 15 is 0 Å². The minimum atomic E-state index is -2.85. The van der Waals surface area contributed by atoms with Gasteiger partial charge in [-0.05, 0) is 99.9 Å². The van der Waals surface area contributed by atoms with Crippen LogP contribution in [0.2, 0.25) is 0 Å². The van der Waals surface area contributed by atoms with Crippen molar-refractivity contribution in [2.75, 3.05) is 0 Å². The minimum Gasteiger partial charge on any atom is -0.313 e. The maximum absolute atomic E-state index is 13.8. The lowest BCUT2D eigenvalue weighted by atomic mass is 9.89. The van der Waals surface area contributed by atoms with Gasteiger partial charge < -0.3 is 4.57 Å². The summed E-state index contributed by atoms with van der Waals surface area (Å²) in [6.45, 7) is 15.4. The zero-order chi connectivity index (χ0) is 23.9. The summed E-state index contributed by atoms with van der Waals surface area (Å²) in [7, 11) is -2.85. The normalized spacial score (nSPS) is 12.0. The van der Waals surface area contributed by atoms with Gasteiger partial charge in [0.1, 0.15) is 0 Å². The number of carbonyl (C=O) groups excluding carboxylic acids is 2. The van der Waals surface area contributed by atoms with E-state index in [-0.39, 0.29) is 11.3 Å². The topological polar surface area (TPSA) is 51.2 Å². The molecule has 0 amide bonds. The second kappa shape index (κ2) is 9.00. The zero-order valence-electron chi connectivity index (χ0n) is 20.2. The Balaban J connectivity index is 2.22. The highest BCUT2D eigenvalue weighted by Gasteiger charge is 2.28. The molecule has 3 nitrogen and oxygen atoms in total. The molecular weight excluding hydrogens is 415 g/mol. The lowest BCUT2D eigenvalue weighted by molar-refractivity contribution is 0.103. The van der Waals surface area contributed by atoms with Gasteiger partial charge in [0.2, 0.25) is 5.52 Å². The van der Waals surface area contributed by atoms with Crippen LogP contribution in [0.1, 0.15) is 70.8 Å². The molecule has 3 aromatic rings. The summed E-state index contributed by atoms with van der Waals surface area (Å²) < 4.78 is 13.8. The average Bonchev–Trinajstić information content (AvgIpc) is 2.76. The SMILES string of the molecule is Cc1cc(C)c(C(=O)[PH](=O)c2c(C)c(C)c(C)c(C(=O)c3ccccc3)c2C)c(C)c1C. The van der Waals surface area contributed by atoms with Gasteiger partial charge in [-0.2, -0.15) is 0 Å². The molecule has 0 aliphatic carbocycles. The van der Waals surface area contributed by atoms with Crippen LogP contribution >= 0.6 is 7.80 Å². The van der Waals surface area contributed by atoms with E-state index in [1.807, 2.05) is 79.7 Å². The number of hydrogen-bond donors (Lipinski definition) is 0. The molecule has 4 heteroatoms. The first-order chi connectivity index (χ1) is 15.0. The van der Waals surface area contributed by atoms with Gasteiger partial charge in [-0.25, -0.2) is 0 Å². The molecule has 0 aliphatic heterocycles. The lowest BCUT2D eigenvalue weighted by Crippen LogP contribution is -2.21. The van der Waals surface area contributed by atoms with Crippen molar-refractivity contribution in [3.63, 3.8) is 0 Å². The molecule has 1 atom stereocenters. The summed E-state index contributed by atoms with van der Waals surface area (Å²) in [5.41, 5.74) is 8.49. The fourth-order valence-electron chi connectivity index (χ4n) is 4.62. The molecule has 0 saturated carbocycles. The van der Waals surface area contributed by atoms with Crippen molar-refractivity contribution in [1.82, 2.24) is 0 Å². The monoisotopic (exact) mass is 446 g/mol. The van der Waals surface area contributed by atoms with Crippen LogP contribution in [0.25, 0.3) is 0 Å². The Morgan fingerprint density at radius 2 is 1.19 bits per heavy atom. The van der Waals surface area contributed by atoms with E-state index in [0.717, 1.165) is 38.9 Å². The summed E-state index contributed by atoms with van der Waals surface area (Å²) >= 11 is 0. The molecule has 0 fully saturated rings. The quantitative estimate of drug-likeness (QED) is 0.336. The number of aryl methyl sites for hydroxylation is 2. The fraction of sp³-hybridized carbons (Fsp3) is 0.286. The number of benzene rings is 3. The Labute approximate surface area is 191 Å². The maximum Gasteiger partial charge on any atom is 0.223 e. The zero-order valence-corrected chi connectivity index (χ0v) is 21.2. The van der Waals surface area contributed by atoms with Crippen LogP contribution in [0.5, 0.6) is 0 Å². The van der Waals surface area contributed by atoms with E-state index < -0.39 is 7.80 Å². The molecule has 32 heavy (non-hydrogen) atoms. The predicted molar refractivity (Wildman–Crippen MR) is 134 cm³/mol. The van der Waals surface area contributed by atoms with Gasteiger partial charge in [0.15, 0.2) is 13.6 Å². The third-order valence-electron chi connectivity index (χ3n) is 6.90. The Bertz CT molecular complexity index is 1280. The summed E-state index contributed by atoms with van der Waals surface area (Å²) in [5, 5.41) is 0.527.